The van der Waals surface area contributed by atoms with Gasteiger partial charge in [-0.15, -0.1) is 0 Å². The topological polar surface area (TPSA) is 136 Å². The number of benzene rings is 2. The highest BCUT2D eigenvalue weighted by atomic mass is 32.2. The van der Waals surface area contributed by atoms with Crippen molar-refractivity contribution in [2.45, 2.75) is 61.4 Å². The number of hydrogen-bond acceptors (Lipinski definition) is 6. The first-order chi connectivity index (χ1) is 16.1. The Morgan fingerprint density at radius 2 is 1.56 bits per heavy atom. The lowest BCUT2D eigenvalue weighted by atomic mass is 9.95. The number of hydrogen-bond donors (Lipinski definition) is 2. The molecule has 9 nitrogen and oxygen atoms in total. The molecular formula is C23H31N3O6S2. The quantitative estimate of drug-likeness (QED) is 0.505. The van der Waals surface area contributed by atoms with Crippen molar-refractivity contribution < 1.29 is 26.4 Å². The number of rotatable bonds is 10. The molecule has 3 N–H and O–H groups in total. The highest BCUT2D eigenvalue weighted by molar-refractivity contribution is 7.89. The van der Waals surface area contributed by atoms with Crippen LogP contribution < -0.4 is 15.2 Å². The third kappa shape index (κ3) is 6.78. The van der Waals surface area contributed by atoms with Gasteiger partial charge in [0.1, 0.15) is 5.75 Å². The van der Waals surface area contributed by atoms with Gasteiger partial charge in [-0.25, -0.2) is 22.0 Å². The Balaban J connectivity index is 1.73. The van der Waals surface area contributed by atoms with Crippen molar-refractivity contribution in [1.29, 1.82) is 0 Å². The number of nitrogens with zero attached hydrogens (tertiary/aromatic N) is 1. The number of carbonyl (C=O) groups is 1. The van der Waals surface area contributed by atoms with Crippen LogP contribution in [0.2, 0.25) is 0 Å². The first-order valence-corrected chi connectivity index (χ1v) is 14.2. The summed E-state index contributed by atoms with van der Waals surface area (Å²) in [6, 6.07) is 11.8. The molecule has 0 saturated heterocycles. The molecule has 1 fully saturated rings. The van der Waals surface area contributed by atoms with Crippen LogP contribution in [0.4, 0.5) is 0 Å². The average Bonchev–Trinajstić information content (AvgIpc) is 2.82. The molecule has 0 atom stereocenters. The van der Waals surface area contributed by atoms with Crippen LogP contribution in [0, 0.1) is 0 Å². The van der Waals surface area contributed by atoms with Crippen molar-refractivity contribution >= 4 is 26.0 Å². The number of ether oxygens (including phenoxy) is 1. The summed E-state index contributed by atoms with van der Waals surface area (Å²) in [6.07, 6.45) is 4.29. The molecule has 1 saturated carbocycles. The monoisotopic (exact) mass is 509 g/mol. The normalized spacial score (nSPS) is 15.3. The second-order valence-corrected chi connectivity index (χ2v) is 11.7. The molecule has 0 spiro atoms. The van der Waals surface area contributed by atoms with Gasteiger partial charge in [-0.1, -0.05) is 31.4 Å². The summed E-state index contributed by atoms with van der Waals surface area (Å²) in [6.45, 7) is 2.16. The first-order valence-electron chi connectivity index (χ1n) is 11.2. The molecule has 0 aliphatic heterocycles. The molecule has 0 heterocycles. The van der Waals surface area contributed by atoms with E-state index in [1.54, 1.807) is 24.3 Å². The molecule has 34 heavy (non-hydrogen) atoms. The van der Waals surface area contributed by atoms with Crippen molar-refractivity contribution in [1.82, 2.24) is 9.62 Å². The van der Waals surface area contributed by atoms with Crippen LogP contribution in [0.5, 0.6) is 5.75 Å². The molecule has 0 unspecified atom stereocenters. The molecule has 0 bridgehead atoms. The van der Waals surface area contributed by atoms with E-state index in [1.807, 2.05) is 6.92 Å². The molecule has 2 aromatic rings. The number of nitrogens with one attached hydrogen (secondary N) is 1. The van der Waals surface area contributed by atoms with E-state index in [1.165, 1.54) is 28.6 Å². The fraction of sp³-hybridized carbons (Fsp3) is 0.435. The number of sulfonamides is 2. The molecule has 186 valence electrons. The highest BCUT2D eigenvalue weighted by Crippen LogP contribution is 2.28. The maximum Gasteiger partial charge on any atom is 0.243 e. The minimum absolute atomic E-state index is 0.0208. The zero-order chi connectivity index (χ0) is 24.8. The van der Waals surface area contributed by atoms with Crippen molar-refractivity contribution in [3.8, 4) is 5.75 Å². The van der Waals surface area contributed by atoms with E-state index < -0.39 is 26.0 Å². The van der Waals surface area contributed by atoms with E-state index in [9.17, 15) is 21.6 Å². The van der Waals surface area contributed by atoms with Crippen LogP contribution in [0.1, 0.15) is 44.6 Å². The summed E-state index contributed by atoms with van der Waals surface area (Å²) in [4.78, 5) is 12.9. The zero-order valence-electron chi connectivity index (χ0n) is 19.1. The summed E-state index contributed by atoms with van der Waals surface area (Å²) < 4.78 is 56.4. The molecule has 2 aromatic carbocycles. The van der Waals surface area contributed by atoms with Crippen LogP contribution in [0.25, 0.3) is 0 Å². The number of primary sulfonamides is 1. The Morgan fingerprint density at radius 3 is 2.12 bits per heavy atom. The third-order valence-electron chi connectivity index (χ3n) is 5.76. The van der Waals surface area contributed by atoms with Crippen LogP contribution in [-0.2, 0) is 31.4 Å². The highest BCUT2D eigenvalue weighted by Gasteiger charge is 2.34. The fourth-order valence-corrected chi connectivity index (χ4v) is 6.14. The Kier molecular flexibility index (Phi) is 8.69. The second-order valence-electron chi connectivity index (χ2n) is 8.21. The lowest BCUT2D eigenvalue weighted by Crippen LogP contribution is -2.46. The van der Waals surface area contributed by atoms with E-state index in [0.717, 1.165) is 19.3 Å². The molecule has 0 aromatic heterocycles. The van der Waals surface area contributed by atoms with Crippen LogP contribution in [0.3, 0.4) is 0 Å². The first kappa shape index (κ1) is 26.1. The van der Waals surface area contributed by atoms with Gasteiger partial charge in [0.2, 0.25) is 26.0 Å². The standard InChI is InChI=1S/C23H31N3O6S2/c1-2-32-20-10-14-22(15-11-20)34(30,31)26(19-6-4-3-5-7-19)17-23(27)25-16-18-8-12-21(13-9-18)33(24,28)29/h8-15,19H,2-7,16-17H2,1H3,(H,25,27)(H2,24,28,29). The molecule has 1 aliphatic carbocycles. The minimum Gasteiger partial charge on any atom is -0.494 e. The Bertz CT molecular complexity index is 1170. The van der Waals surface area contributed by atoms with Gasteiger partial charge in [-0.05, 0) is 61.7 Å². The molecule has 3 rings (SSSR count). The predicted molar refractivity (Wildman–Crippen MR) is 128 cm³/mol. The van der Waals surface area contributed by atoms with E-state index in [4.69, 9.17) is 9.88 Å². The maximum absolute atomic E-state index is 13.5. The molecule has 0 radical (unpaired) electrons. The van der Waals surface area contributed by atoms with E-state index in [2.05, 4.69) is 5.32 Å². The second kappa shape index (κ2) is 11.3. The number of amides is 1. The SMILES string of the molecule is CCOc1ccc(S(=O)(=O)N(CC(=O)NCc2ccc(S(N)(=O)=O)cc2)C2CCCCC2)cc1. The van der Waals surface area contributed by atoms with Crippen LogP contribution in [-0.4, -0.2) is 46.2 Å². The van der Waals surface area contributed by atoms with Gasteiger partial charge < -0.3 is 10.1 Å². The molecule has 1 aliphatic rings. The molecular weight excluding hydrogens is 478 g/mol. The van der Waals surface area contributed by atoms with Crippen LogP contribution in [0.15, 0.2) is 58.3 Å². The van der Waals surface area contributed by atoms with Gasteiger partial charge in [0.15, 0.2) is 0 Å². The van der Waals surface area contributed by atoms with Gasteiger partial charge >= 0.3 is 0 Å². The largest absolute Gasteiger partial charge is 0.494 e. The van der Waals surface area contributed by atoms with Gasteiger partial charge in [0.25, 0.3) is 0 Å². The third-order valence-corrected chi connectivity index (χ3v) is 8.61. The van der Waals surface area contributed by atoms with Gasteiger partial charge in [-0.3, -0.25) is 4.79 Å². The van der Waals surface area contributed by atoms with Gasteiger partial charge in [0.05, 0.1) is 22.9 Å². The molecule has 1 amide bonds. The minimum atomic E-state index is -3.90. The van der Waals surface area contributed by atoms with Crippen molar-refractivity contribution in [2.75, 3.05) is 13.2 Å². The van der Waals surface area contributed by atoms with Crippen molar-refractivity contribution in [3.05, 3.63) is 54.1 Å². The maximum atomic E-state index is 13.5. The fourth-order valence-electron chi connectivity index (χ4n) is 3.98. The predicted octanol–water partition coefficient (Wildman–Crippen LogP) is 2.37. The number of nitrogens with two attached hydrogens (primary N) is 1. The summed E-state index contributed by atoms with van der Waals surface area (Å²) >= 11 is 0. The lowest BCUT2D eigenvalue weighted by Gasteiger charge is -2.33. The average molecular weight is 510 g/mol. The molecule has 11 heteroatoms. The lowest BCUT2D eigenvalue weighted by molar-refractivity contribution is -0.121. The summed E-state index contributed by atoms with van der Waals surface area (Å²) in [7, 11) is -7.69. The van der Waals surface area contributed by atoms with Crippen molar-refractivity contribution in [3.63, 3.8) is 0 Å². The number of carbonyl (C=O) groups excluding carboxylic acids is 1. The Morgan fingerprint density at radius 1 is 0.971 bits per heavy atom. The smallest absolute Gasteiger partial charge is 0.243 e. The van der Waals surface area contributed by atoms with E-state index in [-0.39, 0.29) is 28.9 Å². The summed E-state index contributed by atoms with van der Waals surface area (Å²) in [5, 5.41) is 7.83. The Labute approximate surface area is 201 Å². The summed E-state index contributed by atoms with van der Waals surface area (Å²) in [5.41, 5.74) is 0.666. The Hall–Kier alpha value is -2.47. The summed E-state index contributed by atoms with van der Waals surface area (Å²) in [5.74, 6) is 0.146. The van der Waals surface area contributed by atoms with Crippen LogP contribution >= 0.6 is 0 Å². The van der Waals surface area contributed by atoms with Crippen molar-refractivity contribution in [2.24, 2.45) is 5.14 Å². The zero-order valence-corrected chi connectivity index (χ0v) is 20.8. The van der Waals surface area contributed by atoms with Gasteiger partial charge in [0, 0.05) is 12.6 Å². The van der Waals surface area contributed by atoms with E-state index in [0.29, 0.717) is 30.8 Å². The van der Waals surface area contributed by atoms with Gasteiger partial charge in [-0.2, -0.15) is 4.31 Å². The van der Waals surface area contributed by atoms with E-state index >= 15 is 0 Å².